The first-order valence-electron chi connectivity index (χ1n) is 6.99. The molecular weight excluding hydrogens is 246 g/mol. The van der Waals surface area contributed by atoms with E-state index >= 15 is 0 Å². The molecule has 1 amide bonds. The Bertz CT molecular complexity index is 305. The van der Waals surface area contributed by atoms with Crippen molar-refractivity contribution < 1.29 is 19.4 Å². The second kappa shape index (κ2) is 7.48. The van der Waals surface area contributed by atoms with Crippen LogP contribution in [0.1, 0.15) is 52.4 Å². The monoisotopic (exact) mass is 271 g/mol. The Morgan fingerprint density at radius 1 is 1.37 bits per heavy atom. The summed E-state index contributed by atoms with van der Waals surface area (Å²) in [5.41, 5.74) is 0.274. The zero-order chi connectivity index (χ0) is 14.3. The van der Waals surface area contributed by atoms with E-state index in [4.69, 9.17) is 9.84 Å². The molecule has 110 valence electrons. The summed E-state index contributed by atoms with van der Waals surface area (Å²) in [7, 11) is 0. The molecule has 19 heavy (non-hydrogen) atoms. The van der Waals surface area contributed by atoms with Crippen molar-refractivity contribution in [3.63, 3.8) is 0 Å². The van der Waals surface area contributed by atoms with Crippen molar-refractivity contribution in [2.24, 2.45) is 5.41 Å². The van der Waals surface area contributed by atoms with Gasteiger partial charge in [0.25, 0.3) is 0 Å². The van der Waals surface area contributed by atoms with E-state index in [-0.39, 0.29) is 30.3 Å². The third kappa shape index (κ3) is 7.15. The Kier molecular flexibility index (Phi) is 6.28. The molecule has 1 heterocycles. The highest BCUT2D eigenvalue weighted by Crippen LogP contribution is 2.30. The Morgan fingerprint density at radius 3 is 2.68 bits per heavy atom. The van der Waals surface area contributed by atoms with Gasteiger partial charge in [-0.15, -0.1) is 0 Å². The standard InChI is InChI=1S/C14H25NO4/c1-14(2)8-6-11(19-10-14)7-9-15-12(16)4-3-5-13(17)18/h11H,3-10H2,1-2H3,(H,15,16)(H,17,18). The number of ether oxygens (including phenoxy) is 1. The second-order valence-corrected chi connectivity index (χ2v) is 6.02. The van der Waals surface area contributed by atoms with Crippen molar-refractivity contribution >= 4 is 11.9 Å². The van der Waals surface area contributed by atoms with E-state index in [0.717, 1.165) is 25.9 Å². The second-order valence-electron chi connectivity index (χ2n) is 6.02. The molecule has 0 aromatic rings. The summed E-state index contributed by atoms with van der Waals surface area (Å²) in [5, 5.41) is 11.3. The molecule has 1 unspecified atom stereocenters. The van der Waals surface area contributed by atoms with Crippen LogP contribution in [0.3, 0.4) is 0 Å². The van der Waals surface area contributed by atoms with Gasteiger partial charge in [0.05, 0.1) is 12.7 Å². The molecule has 0 saturated carbocycles. The summed E-state index contributed by atoms with van der Waals surface area (Å²) in [4.78, 5) is 21.7. The maximum Gasteiger partial charge on any atom is 0.303 e. The fourth-order valence-electron chi connectivity index (χ4n) is 2.14. The van der Waals surface area contributed by atoms with Crippen LogP contribution in [-0.4, -0.2) is 36.2 Å². The largest absolute Gasteiger partial charge is 0.481 e. The summed E-state index contributed by atoms with van der Waals surface area (Å²) >= 11 is 0. The molecule has 1 rings (SSSR count). The van der Waals surface area contributed by atoms with Gasteiger partial charge in [-0.3, -0.25) is 9.59 Å². The minimum absolute atomic E-state index is 0.0498. The van der Waals surface area contributed by atoms with E-state index in [1.165, 1.54) is 0 Å². The Hall–Kier alpha value is -1.10. The number of hydrogen-bond acceptors (Lipinski definition) is 3. The topological polar surface area (TPSA) is 75.6 Å². The first kappa shape index (κ1) is 16.0. The molecule has 0 spiro atoms. The highest BCUT2D eigenvalue weighted by molar-refractivity contribution is 5.76. The van der Waals surface area contributed by atoms with Gasteiger partial charge in [-0.2, -0.15) is 0 Å². The van der Waals surface area contributed by atoms with Crippen molar-refractivity contribution in [3.8, 4) is 0 Å². The fraction of sp³-hybridized carbons (Fsp3) is 0.857. The van der Waals surface area contributed by atoms with Gasteiger partial charge >= 0.3 is 5.97 Å². The van der Waals surface area contributed by atoms with Crippen LogP contribution in [0.25, 0.3) is 0 Å². The number of aliphatic carboxylic acids is 1. The summed E-state index contributed by atoms with van der Waals surface area (Å²) in [6.45, 7) is 5.79. The van der Waals surface area contributed by atoms with Gasteiger partial charge < -0.3 is 15.2 Å². The van der Waals surface area contributed by atoms with E-state index < -0.39 is 5.97 Å². The lowest BCUT2D eigenvalue weighted by atomic mass is 9.85. The normalized spacial score (nSPS) is 21.9. The van der Waals surface area contributed by atoms with Crippen LogP contribution in [0, 0.1) is 5.41 Å². The molecule has 1 saturated heterocycles. The number of carboxylic acid groups (broad SMARTS) is 1. The molecule has 1 aliphatic heterocycles. The third-order valence-corrected chi connectivity index (χ3v) is 3.44. The van der Waals surface area contributed by atoms with E-state index in [1.807, 2.05) is 0 Å². The van der Waals surface area contributed by atoms with Crippen LogP contribution in [0.5, 0.6) is 0 Å². The van der Waals surface area contributed by atoms with E-state index in [9.17, 15) is 9.59 Å². The van der Waals surface area contributed by atoms with Crippen molar-refractivity contribution in [2.75, 3.05) is 13.2 Å². The number of amides is 1. The molecule has 5 nitrogen and oxygen atoms in total. The first-order valence-corrected chi connectivity index (χ1v) is 6.99. The van der Waals surface area contributed by atoms with Crippen molar-refractivity contribution in [1.82, 2.24) is 5.32 Å². The smallest absolute Gasteiger partial charge is 0.303 e. The van der Waals surface area contributed by atoms with Crippen molar-refractivity contribution in [1.29, 1.82) is 0 Å². The number of carbonyl (C=O) groups is 2. The molecule has 1 fully saturated rings. The van der Waals surface area contributed by atoms with E-state index in [2.05, 4.69) is 19.2 Å². The molecular formula is C14H25NO4. The average molecular weight is 271 g/mol. The summed E-state index contributed by atoms with van der Waals surface area (Å²) < 4.78 is 5.76. The van der Waals surface area contributed by atoms with Gasteiger partial charge in [-0.25, -0.2) is 0 Å². The van der Waals surface area contributed by atoms with Crippen molar-refractivity contribution in [2.45, 2.75) is 58.5 Å². The quantitative estimate of drug-likeness (QED) is 0.742. The number of nitrogens with one attached hydrogen (secondary N) is 1. The molecule has 1 atom stereocenters. The van der Waals surface area contributed by atoms with Crippen LogP contribution >= 0.6 is 0 Å². The Morgan fingerprint density at radius 2 is 2.11 bits per heavy atom. The molecule has 0 aliphatic carbocycles. The maximum absolute atomic E-state index is 11.4. The fourth-order valence-corrected chi connectivity index (χ4v) is 2.14. The summed E-state index contributed by atoms with van der Waals surface area (Å²) in [5.74, 6) is -0.927. The van der Waals surface area contributed by atoms with Crippen molar-refractivity contribution in [3.05, 3.63) is 0 Å². The lowest BCUT2D eigenvalue weighted by Crippen LogP contribution is -2.34. The average Bonchev–Trinajstić information content (AvgIpc) is 2.31. The van der Waals surface area contributed by atoms with Crippen LogP contribution in [0.2, 0.25) is 0 Å². The predicted molar refractivity (Wildman–Crippen MR) is 71.9 cm³/mol. The molecule has 2 N–H and O–H groups in total. The molecule has 0 aromatic carbocycles. The number of carboxylic acids is 1. The number of carbonyl (C=O) groups excluding carboxylic acids is 1. The molecule has 0 bridgehead atoms. The van der Waals surface area contributed by atoms with Gasteiger partial charge in [0.15, 0.2) is 0 Å². The van der Waals surface area contributed by atoms with Gasteiger partial charge in [0, 0.05) is 19.4 Å². The van der Waals surface area contributed by atoms with Crippen LogP contribution in [0.4, 0.5) is 0 Å². The predicted octanol–water partition coefficient (Wildman–Crippen LogP) is 1.95. The zero-order valence-corrected chi connectivity index (χ0v) is 11.9. The molecule has 0 aromatic heterocycles. The van der Waals surface area contributed by atoms with Gasteiger partial charge in [-0.05, 0) is 31.1 Å². The van der Waals surface area contributed by atoms with Gasteiger partial charge in [0.1, 0.15) is 0 Å². The molecule has 1 aliphatic rings. The summed E-state index contributed by atoms with van der Waals surface area (Å²) in [6, 6.07) is 0. The lowest BCUT2D eigenvalue weighted by molar-refractivity contribution is -0.137. The first-order chi connectivity index (χ1) is 8.89. The highest BCUT2D eigenvalue weighted by Gasteiger charge is 2.27. The SMILES string of the molecule is CC1(C)CCC(CCNC(=O)CCCC(=O)O)OC1. The van der Waals surface area contributed by atoms with Crippen LogP contribution < -0.4 is 5.32 Å². The number of rotatable bonds is 7. The minimum atomic E-state index is -0.856. The lowest BCUT2D eigenvalue weighted by Gasteiger charge is -2.34. The maximum atomic E-state index is 11.4. The van der Waals surface area contributed by atoms with Crippen LogP contribution in [0.15, 0.2) is 0 Å². The minimum Gasteiger partial charge on any atom is -0.481 e. The van der Waals surface area contributed by atoms with Crippen LogP contribution in [-0.2, 0) is 14.3 Å². The van der Waals surface area contributed by atoms with E-state index in [1.54, 1.807) is 0 Å². The zero-order valence-electron chi connectivity index (χ0n) is 11.9. The highest BCUT2D eigenvalue weighted by atomic mass is 16.5. The number of hydrogen-bond donors (Lipinski definition) is 2. The third-order valence-electron chi connectivity index (χ3n) is 3.44. The molecule has 0 radical (unpaired) electrons. The molecule has 5 heteroatoms. The Labute approximate surface area is 114 Å². The van der Waals surface area contributed by atoms with Gasteiger partial charge in [-0.1, -0.05) is 13.8 Å². The van der Waals surface area contributed by atoms with E-state index in [0.29, 0.717) is 13.0 Å². The Balaban J connectivity index is 2.04. The van der Waals surface area contributed by atoms with Gasteiger partial charge in [0.2, 0.25) is 5.91 Å². The summed E-state index contributed by atoms with van der Waals surface area (Å²) in [6.07, 6.45) is 4.01.